The SMILES string of the molecule is CCCCCCC(C)n1c(CCCl)nc2cnccc21. The largest absolute Gasteiger partial charge is 0.325 e. The maximum Gasteiger partial charge on any atom is 0.111 e. The molecule has 0 fully saturated rings. The van der Waals surface area contributed by atoms with E-state index < -0.39 is 0 Å². The number of pyridine rings is 1. The molecule has 0 radical (unpaired) electrons. The lowest BCUT2D eigenvalue weighted by atomic mass is 10.1. The number of hydrogen-bond donors (Lipinski definition) is 0. The molecule has 4 heteroatoms. The van der Waals surface area contributed by atoms with E-state index in [-0.39, 0.29) is 0 Å². The summed E-state index contributed by atoms with van der Waals surface area (Å²) in [6.07, 6.45) is 10.9. The van der Waals surface area contributed by atoms with Crippen molar-refractivity contribution in [3.63, 3.8) is 0 Å². The lowest BCUT2D eigenvalue weighted by Gasteiger charge is -2.17. The predicted octanol–water partition coefficient (Wildman–Crippen LogP) is 4.74. The molecule has 0 N–H and O–H groups in total. The summed E-state index contributed by atoms with van der Waals surface area (Å²) in [5.41, 5.74) is 2.16. The fourth-order valence-corrected chi connectivity index (χ4v) is 2.92. The van der Waals surface area contributed by atoms with Crippen LogP contribution in [0.4, 0.5) is 0 Å². The number of imidazole rings is 1. The van der Waals surface area contributed by atoms with E-state index in [2.05, 4.69) is 34.4 Å². The number of hydrogen-bond acceptors (Lipinski definition) is 2. The Morgan fingerprint density at radius 1 is 1.30 bits per heavy atom. The van der Waals surface area contributed by atoms with E-state index in [1.807, 2.05) is 12.4 Å². The van der Waals surface area contributed by atoms with E-state index >= 15 is 0 Å². The third-order valence-corrected chi connectivity index (χ3v) is 3.99. The van der Waals surface area contributed by atoms with Gasteiger partial charge in [-0.25, -0.2) is 4.98 Å². The molecular formula is C16H24ClN3. The van der Waals surface area contributed by atoms with E-state index in [0.717, 1.165) is 17.8 Å². The van der Waals surface area contributed by atoms with Crippen LogP contribution in [0.25, 0.3) is 11.0 Å². The standard InChI is InChI=1S/C16H24ClN3/c1-3-4-5-6-7-13(2)20-15-9-11-18-12-14(15)19-16(20)8-10-17/h9,11-13H,3-8,10H2,1-2H3. The molecule has 0 saturated carbocycles. The first kappa shape index (κ1) is 15.3. The summed E-state index contributed by atoms with van der Waals surface area (Å²) in [4.78, 5) is 8.85. The number of rotatable bonds is 8. The maximum atomic E-state index is 5.92. The Morgan fingerprint density at radius 3 is 2.90 bits per heavy atom. The molecule has 2 aromatic rings. The van der Waals surface area contributed by atoms with Crippen molar-refractivity contribution in [2.45, 2.75) is 58.4 Å². The Labute approximate surface area is 126 Å². The lowest BCUT2D eigenvalue weighted by molar-refractivity contribution is 0.470. The maximum absolute atomic E-state index is 5.92. The molecule has 20 heavy (non-hydrogen) atoms. The molecule has 110 valence electrons. The predicted molar refractivity (Wildman–Crippen MR) is 85.4 cm³/mol. The van der Waals surface area contributed by atoms with Gasteiger partial charge in [-0.3, -0.25) is 4.98 Å². The van der Waals surface area contributed by atoms with Gasteiger partial charge in [0.1, 0.15) is 11.3 Å². The number of aromatic nitrogens is 3. The highest BCUT2D eigenvalue weighted by atomic mass is 35.5. The highest BCUT2D eigenvalue weighted by Crippen LogP contribution is 2.24. The summed E-state index contributed by atoms with van der Waals surface area (Å²) in [5.74, 6) is 1.70. The van der Waals surface area contributed by atoms with Crippen molar-refractivity contribution in [3.05, 3.63) is 24.3 Å². The summed E-state index contributed by atoms with van der Waals surface area (Å²) in [5, 5.41) is 0. The van der Waals surface area contributed by atoms with E-state index in [0.29, 0.717) is 11.9 Å². The molecule has 0 saturated heterocycles. The van der Waals surface area contributed by atoms with Crippen molar-refractivity contribution in [1.82, 2.24) is 14.5 Å². The van der Waals surface area contributed by atoms with Crippen molar-refractivity contribution in [3.8, 4) is 0 Å². The number of aryl methyl sites for hydroxylation is 1. The smallest absolute Gasteiger partial charge is 0.111 e. The second kappa shape index (κ2) is 7.63. The Bertz CT molecular complexity index is 536. The van der Waals surface area contributed by atoms with Crippen LogP contribution in [0.2, 0.25) is 0 Å². The molecule has 1 atom stereocenters. The van der Waals surface area contributed by atoms with E-state index in [4.69, 9.17) is 11.6 Å². The molecule has 0 aliphatic carbocycles. The third-order valence-electron chi connectivity index (χ3n) is 3.80. The number of alkyl halides is 1. The average Bonchev–Trinajstić information content (AvgIpc) is 2.82. The topological polar surface area (TPSA) is 30.7 Å². The van der Waals surface area contributed by atoms with Crippen LogP contribution >= 0.6 is 11.6 Å². The monoisotopic (exact) mass is 293 g/mol. The minimum Gasteiger partial charge on any atom is -0.325 e. The van der Waals surface area contributed by atoms with Gasteiger partial charge in [0.15, 0.2) is 0 Å². The number of halogens is 1. The van der Waals surface area contributed by atoms with Crippen LogP contribution in [0.5, 0.6) is 0 Å². The van der Waals surface area contributed by atoms with Gasteiger partial charge in [0, 0.05) is 24.5 Å². The molecule has 1 unspecified atom stereocenters. The highest BCUT2D eigenvalue weighted by molar-refractivity contribution is 6.17. The molecule has 2 heterocycles. The number of unbranched alkanes of at least 4 members (excludes halogenated alkanes) is 3. The average molecular weight is 294 g/mol. The zero-order valence-corrected chi connectivity index (χ0v) is 13.2. The van der Waals surface area contributed by atoms with Crippen molar-refractivity contribution < 1.29 is 0 Å². The van der Waals surface area contributed by atoms with Crippen LogP contribution in [0.1, 0.15) is 57.8 Å². The second-order valence-corrected chi connectivity index (χ2v) is 5.78. The van der Waals surface area contributed by atoms with Crippen molar-refractivity contribution >= 4 is 22.6 Å². The van der Waals surface area contributed by atoms with Crippen LogP contribution < -0.4 is 0 Å². The van der Waals surface area contributed by atoms with Crippen molar-refractivity contribution in [2.24, 2.45) is 0 Å². The van der Waals surface area contributed by atoms with Crippen LogP contribution in [-0.2, 0) is 6.42 Å². The molecule has 0 bridgehead atoms. The highest BCUT2D eigenvalue weighted by Gasteiger charge is 2.15. The third kappa shape index (κ3) is 3.51. The first-order valence-corrected chi connectivity index (χ1v) is 8.18. The normalized spacial score (nSPS) is 12.9. The van der Waals surface area contributed by atoms with Gasteiger partial charge >= 0.3 is 0 Å². The Morgan fingerprint density at radius 2 is 2.15 bits per heavy atom. The summed E-state index contributed by atoms with van der Waals surface area (Å²) in [6, 6.07) is 2.53. The first-order valence-electron chi connectivity index (χ1n) is 7.64. The minimum absolute atomic E-state index is 0.470. The Kier molecular flexibility index (Phi) is 5.84. The van der Waals surface area contributed by atoms with Crippen molar-refractivity contribution in [1.29, 1.82) is 0 Å². The van der Waals surface area contributed by atoms with Crippen LogP contribution in [0.3, 0.4) is 0 Å². The zero-order valence-electron chi connectivity index (χ0n) is 12.5. The molecule has 0 amide bonds. The molecule has 0 spiro atoms. The summed E-state index contributed by atoms with van der Waals surface area (Å²) >= 11 is 5.92. The quantitative estimate of drug-likeness (QED) is 0.520. The van der Waals surface area contributed by atoms with Gasteiger partial charge in [0.25, 0.3) is 0 Å². The van der Waals surface area contributed by atoms with Gasteiger partial charge in [0.05, 0.1) is 11.7 Å². The lowest BCUT2D eigenvalue weighted by Crippen LogP contribution is -2.10. The number of nitrogens with zero attached hydrogens (tertiary/aromatic N) is 3. The van der Waals surface area contributed by atoms with Crippen molar-refractivity contribution in [2.75, 3.05) is 5.88 Å². The van der Waals surface area contributed by atoms with Crippen LogP contribution in [0.15, 0.2) is 18.5 Å². The first-order chi connectivity index (χ1) is 9.77. The number of fused-ring (bicyclic) bond motifs is 1. The second-order valence-electron chi connectivity index (χ2n) is 5.40. The van der Waals surface area contributed by atoms with Gasteiger partial charge in [-0.05, 0) is 19.4 Å². The van der Waals surface area contributed by atoms with E-state index in [9.17, 15) is 0 Å². The van der Waals surface area contributed by atoms with Gasteiger partial charge in [-0.2, -0.15) is 0 Å². The van der Waals surface area contributed by atoms with Gasteiger partial charge < -0.3 is 4.57 Å². The molecule has 0 aliphatic heterocycles. The Balaban J connectivity index is 2.19. The molecule has 2 rings (SSSR count). The summed E-state index contributed by atoms with van der Waals surface area (Å²) in [7, 11) is 0. The Hall–Kier alpha value is -1.09. The fourth-order valence-electron chi connectivity index (χ4n) is 2.75. The molecule has 3 nitrogen and oxygen atoms in total. The minimum atomic E-state index is 0.470. The van der Waals surface area contributed by atoms with Gasteiger partial charge in [-0.1, -0.05) is 32.6 Å². The molecule has 0 aliphatic rings. The zero-order chi connectivity index (χ0) is 14.4. The van der Waals surface area contributed by atoms with Gasteiger partial charge in [-0.15, -0.1) is 11.6 Å². The summed E-state index contributed by atoms with van der Waals surface area (Å²) < 4.78 is 2.35. The van der Waals surface area contributed by atoms with Gasteiger partial charge in [0.2, 0.25) is 0 Å². The fraction of sp³-hybridized carbons (Fsp3) is 0.625. The van der Waals surface area contributed by atoms with E-state index in [1.54, 1.807) is 0 Å². The van der Waals surface area contributed by atoms with Crippen LogP contribution in [-0.4, -0.2) is 20.4 Å². The molecule has 2 aromatic heterocycles. The van der Waals surface area contributed by atoms with E-state index in [1.165, 1.54) is 37.6 Å². The van der Waals surface area contributed by atoms with Crippen LogP contribution in [0, 0.1) is 0 Å². The summed E-state index contributed by atoms with van der Waals surface area (Å²) in [6.45, 7) is 4.53. The molecule has 0 aromatic carbocycles. The molecular weight excluding hydrogens is 270 g/mol.